The number of amides is 1. The number of methoxy groups -OCH3 is 1. The van der Waals surface area contributed by atoms with Crippen molar-refractivity contribution in [3.8, 4) is 5.75 Å². The minimum Gasteiger partial charge on any atom is -0.497 e. The third kappa shape index (κ3) is 4.65. The lowest BCUT2D eigenvalue weighted by Gasteiger charge is -2.21. The van der Waals surface area contributed by atoms with Crippen LogP contribution in [0.25, 0.3) is 0 Å². The van der Waals surface area contributed by atoms with Crippen molar-refractivity contribution in [3.05, 3.63) is 77.6 Å². The molecule has 28 heavy (non-hydrogen) atoms. The van der Waals surface area contributed by atoms with E-state index in [0.717, 1.165) is 22.6 Å². The van der Waals surface area contributed by atoms with Crippen LogP contribution in [-0.4, -0.2) is 29.5 Å². The second-order valence-electron chi connectivity index (χ2n) is 6.39. The van der Waals surface area contributed by atoms with Crippen molar-refractivity contribution >= 4 is 17.5 Å². The Kier molecular flexibility index (Phi) is 6.22. The van der Waals surface area contributed by atoms with E-state index in [9.17, 15) is 4.79 Å². The van der Waals surface area contributed by atoms with Crippen LogP contribution in [0.3, 0.4) is 0 Å². The van der Waals surface area contributed by atoms with Crippen molar-refractivity contribution in [2.75, 3.05) is 23.9 Å². The van der Waals surface area contributed by atoms with E-state index < -0.39 is 0 Å². The van der Waals surface area contributed by atoms with Crippen LogP contribution in [0.15, 0.2) is 60.9 Å². The van der Waals surface area contributed by atoms with Gasteiger partial charge >= 0.3 is 0 Å². The Morgan fingerprint density at radius 1 is 1.11 bits per heavy atom. The number of carbonyl (C=O) groups excluding carboxylic acids is 1. The Morgan fingerprint density at radius 2 is 1.82 bits per heavy atom. The highest BCUT2D eigenvalue weighted by Crippen LogP contribution is 2.18. The summed E-state index contributed by atoms with van der Waals surface area (Å²) in [6, 6.07) is 15.6. The zero-order valence-electron chi connectivity index (χ0n) is 16.3. The summed E-state index contributed by atoms with van der Waals surface area (Å²) in [7, 11) is 1.64. The molecule has 0 spiro atoms. The normalized spacial score (nSPS) is 10.4. The van der Waals surface area contributed by atoms with E-state index in [-0.39, 0.29) is 5.91 Å². The summed E-state index contributed by atoms with van der Waals surface area (Å²) in [5, 5.41) is 3.16. The number of rotatable bonds is 7. The van der Waals surface area contributed by atoms with Crippen molar-refractivity contribution in [2.24, 2.45) is 0 Å². The van der Waals surface area contributed by atoms with E-state index in [4.69, 9.17) is 4.74 Å². The predicted octanol–water partition coefficient (Wildman–Crippen LogP) is 4.07. The molecular weight excluding hydrogens is 352 g/mol. The molecule has 0 saturated heterocycles. The van der Waals surface area contributed by atoms with E-state index in [1.165, 1.54) is 0 Å². The summed E-state index contributed by atoms with van der Waals surface area (Å²) in [6.45, 7) is 5.11. The number of nitrogens with zero attached hydrogens (tertiary/aromatic N) is 3. The van der Waals surface area contributed by atoms with E-state index in [2.05, 4.69) is 15.3 Å². The van der Waals surface area contributed by atoms with Crippen LogP contribution in [0.1, 0.15) is 28.4 Å². The van der Waals surface area contributed by atoms with Gasteiger partial charge in [-0.1, -0.05) is 24.3 Å². The first-order valence-corrected chi connectivity index (χ1v) is 9.18. The number of hydrogen-bond acceptors (Lipinski definition) is 5. The smallest absolute Gasteiger partial charge is 0.261 e. The molecule has 1 heterocycles. The number of benzene rings is 2. The van der Waals surface area contributed by atoms with Crippen molar-refractivity contribution < 1.29 is 9.53 Å². The summed E-state index contributed by atoms with van der Waals surface area (Å²) in [6.07, 6.45) is 3.12. The Bertz CT molecular complexity index is 924. The van der Waals surface area contributed by atoms with Crippen LogP contribution < -0.4 is 15.0 Å². The fourth-order valence-corrected chi connectivity index (χ4v) is 2.85. The maximum atomic E-state index is 12.9. The third-order valence-electron chi connectivity index (χ3n) is 4.38. The van der Waals surface area contributed by atoms with Gasteiger partial charge < -0.3 is 15.0 Å². The first kappa shape index (κ1) is 19.4. The SMILES string of the molecule is CCN(C(=O)c1cnc(NCc2ccc(OC)cc2)nc1)c1cccc(C)c1. The van der Waals surface area contributed by atoms with Gasteiger partial charge in [0.1, 0.15) is 5.75 Å². The van der Waals surface area contributed by atoms with Crippen molar-refractivity contribution in [2.45, 2.75) is 20.4 Å². The van der Waals surface area contributed by atoms with E-state index >= 15 is 0 Å². The largest absolute Gasteiger partial charge is 0.497 e. The van der Waals surface area contributed by atoms with Gasteiger partial charge in [-0.05, 0) is 49.2 Å². The number of aryl methyl sites for hydroxylation is 1. The molecule has 0 bridgehead atoms. The molecule has 0 aliphatic carbocycles. The highest BCUT2D eigenvalue weighted by Gasteiger charge is 2.17. The predicted molar refractivity (Wildman–Crippen MR) is 111 cm³/mol. The molecule has 1 aromatic heterocycles. The third-order valence-corrected chi connectivity index (χ3v) is 4.38. The lowest BCUT2D eigenvalue weighted by molar-refractivity contribution is 0.0987. The number of aromatic nitrogens is 2. The summed E-state index contributed by atoms with van der Waals surface area (Å²) in [5.41, 5.74) is 3.52. The van der Waals surface area contributed by atoms with E-state index in [1.807, 2.05) is 62.4 Å². The van der Waals surface area contributed by atoms with Crippen molar-refractivity contribution in [1.82, 2.24) is 9.97 Å². The van der Waals surface area contributed by atoms with Gasteiger partial charge in [-0.2, -0.15) is 0 Å². The molecule has 3 aromatic rings. The average molecular weight is 376 g/mol. The Hall–Kier alpha value is -3.41. The number of ether oxygens (including phenoxy) is 1. The minimum atomic E-state index is -0.116. The van der Waals surface area contributed by atoms with Gasteiger partial charge in [-0.15, -0.1) is 0 Å². The van der Waals surface area contributed by atoms with Gasteiger partial charge in [0.2, 0.25) is 5.95 Å². The molecule has 6 nitrogen and oxygen atoms in total. The zero-order valence-corrected chi connectivity index (χ0v) is 16.3. The molecule has 0 aliphatic rings. The highest BCUT2D eigenvalue weighted by molar-refractivity contribution is 6.05. The monoisotopic (exact) mass is 376 g/mol. The summed E-state index contributed by atoms with van der Waals surface area (Å²) < 4.78 is 5.15. The second kappa shape index (κ2) is 8.99. The quantitative estimate of drug-likeness (QED) is 0.673. The van der Waals surface area contributed by atoms with Crippen LogP contribution in [0, 0.1) is 6.92 Å². The Balaban J connectivity index is 1.66. The first-order chi connectivity index (χ1) is 13.6. The maximum Gasteiger partial charge on any atom is 0.261 e. The maximum absolute atomic E-state index is 12.9. The van der Waals surface area contributed by atoms with Crippen LogP contribution in [0.2, 0.25) is 0 Å². The molecule has 0 unspecified atom stereocenters. The molecule has 0 saturated carbocycles. The summed E-state index contributed by atoms with van der Waals surface area (Å²) in [4.78, 5) is 23.1. The van der Waals surface area contributed by atoms with Crippen LogP contribution in [0.5, 0.6) is 5.75 Å². The highest BCUT2D eigenvalue weighted by atomic mass is 16.5. The molecule has 0 atom stereocenters. The van der Waals surface area contributed by atoms with Gasteiger partial charge in [-0.3, -0.25) is 4.79 Å². The molecule has 6 heteroatoms. The number of hydrogen-bond donors (Lipinski definition) is 1. The number of anilines is 2. The second-order valence-corrected chi connectivity index (χ2v) is 6.39. The molecule has 0 radical (unpaired) electrons. The van der Waals surface area contributed by atoms with E-state index in [1.54, 1.807) is 24.4 Å². The lowest BCUT2D eigenvalue weighted by atomic mass is 10.2. The summed E-state index contributed by atoms with van der Waals surface area (Å²) in [5.74, 6) is 1.18. The average Bonchev–Trinajstić information content (AvgIpc) is 2.73. The van der Waals surface area contributed by atoms with Crippen LogP contribution in [-0.2, 0) is 6.54 Å². The zero-order chi connectivity index (χ0) is 19.9. The van der Waals surface area contributed by atoms with E-state index in [0.29, 0.717) is 24.6 Å². The molecule has 0 fully saturated rings. The fourth-order valence-electron chi connectivity index (χ4n) is 2.85. The minimum absolute atomic E-state index is 0.116. The van der Waals surface area contributed by atoms with Crippen molar-refractivity contribution in [3.63, 3.8) is 0 Å². The lowest BCUT2D eigenvalue weighted by Crippen LogP contribution is -2.30. The first-order valence-electron chi connectivity index (χ1n) is 9.18. The topological polar surface area (TPSA) is 67.4 Å². The van der Waals surface area contributed by atoms with Gasteiger partial charge in [-0.25, -0.2) is 9.97 Å². The Morgan fingerprint density at radius 3 is 2.43 bits per heavy atom. The van der Waals surface area contributed by atoms with Gasteiger partial charge in [0.05, 0.1) is 12.7 Å². The molecular formula is C22H24N4O2. The molecule has 1 amide bonds. The van der Waals surface area contributed by atoms with Crippen LogP contribution in [0.4, 0.5) is 11.6 Å². The number of carbonyl (C=O) groups is 1. The Labute approximate surface area is 165 Å². The van der Waals surface area contributed by atoms with Gasteiger partial charge in [0, 0.05) is 31.2 Å². The van der Waals surface area contributed by atoms with Gasteiger partial charge in [0.25, 0.3) is 5.91 Å². The molecule has 0 aliphatic heterocycles. The molecule has 1 N–H and O–H groups in total. The molecule has 3 rings (SSSR count). The molecule has 144 valence electrons. The number of nitrogens with one attached hydrogen (secondary N) is 1. The standard InChI is InChI=1S/C22H24N4O2/c1-4-26(19-7-5-6-16(2)12-19)21(27)18-14-24-22(25-15-18)23-13-17-8-10-20(28-3)11-9-17/h5-12,14-15H,4,13H2,1-3H3,(H,23,24,25). The van der Waals surface area contributed by atoms with Crippen molar-refractivity contribution in [1.29, 1.82) is 0 Å². The van der Waals surface area contributed by atoms with Gasteiger partial charge in [0.15, 0.2) is 0 Å². The molecule has 2 aromatic carbocycles. The fraction of sp³-hybridized carbons (Fsp3) is 0.227. The van der Waals surface area contributed by atoms with Crippen LogP contribution >= 0.6 is 0 Å². The summed E-state index contributed by atoms with van der Waals surface area (Å²) >= 11 is 0.